The number of alkyl halides is 2. The van der Waals surface area contributed by atoms with E-state index in [4.69, 9.17) is 11.6 Å². The molecule has 0 aromatic carbocycles. The molecule has 2 aromatic rings. The Bertz CT molecular complexity index is 495. The number of aryl methyl sites for hydroxylation is 1. The van der Waals surface area contributed by atoms with Gasteiger partial charge in [-0.05, 0) is 19.1 Å². The van der Waals surface area contributed by atoms with Crippen molar-refractivity contribution >= 4 is 11.6 Å². The van der Waals surface area contributed by atoms with Gasteiger partial charge in [0.15, 0.2) is 5.82 Å². The van der Waals surface area contributed by atoms with Crippen LogP contribution in [0.2, 0.25) is 5.15 Å². The van der Waals surface area contributed by atoms with Crippen LogP contribution < -0.4 is 0 Å². The second-order valence-corrected chi connectivity index (χ2v) is 3.52. The molecule has 7 heteroatoms. The van der Waals surface area contributed by atoms with E-state index in [0.717, 1.165) is 16.4 Å². The molecule has 84 valence electrons. The summed E-state index contributed by atoms with van der Waals surface area (Å²) in [4.78, 5) is 0. The van der Waals surface area contributed by atoms with Gasteiger partial charge in [-0.2, -0.15) is 10.2 Å². The largest absolute Gasteiger partial charge is 0.282 e. The van der Waals surface area contributed by atoms with Gasteiger partial charge in [0, 0.05) is 6.07 Å². The van der Waals surface area contributed by atoms with Gasteiger partial charge >= 0.3 is 0 Å². The normalized spacial score (nSPS) is 11.1. The summed E-state index contributed by atoms with van der Waals surface area (Å²) in [6.45, 7) is 1.77. The van der Waals surface area contributed by atoms with Gasteiger partial charge in [0.05, 0.1) is 5.69 Å². The second kappa shape index (κ2) is 4.13. The van der Waals surface area contributed by atoms with Gasteiger partial charge in [0.1, 0.15) is 10.8 Å². The Morgan fingerprint density at radius 1 is 1.31 bits per heavy atom. The smallest absolute Gasteiger partial charge is 0.203 e. The van der Waals surface area contributed by atoms with E-state index < -0.39 is 6.43 Å². The third-order valence-corrected chi connectivity index (χ3v) is 2.18. The van der Waals surface area contributed by atoms with E-state index in [1.54, 1.807) is 19.1 Å². The first-order valence-electron chi connectivity index (χ1n) is 4.42. The summed E-state index contributed by atoms with van der Waals surface area (Å²) in [7, 11) is 0. The van der Waals surface area contributed by atoms with E-state index in [9.17, 15) is 8.78 Å². The predicted molar refractivity (Wildman–Crippen MR) is 53.9 cm³/mol. The quantitative estimate of drug-likeness (QED) is 0.815. The summed E-state index contributed by atoms with van der Waals surface area (Å²) < 4.78 is 25.9. The zero-order chi connectivity index (χ0) is 11.7. The Hall–Kier alpha value is -1.56. The van der Waals surface area contributed by atoms with Gasteiger partial charge in [-0.25, -0.2) is 13.5 Å². The van der Waals surface area contributed by atoms with E-state index in [2.05, 4.69) is 15.3 Å². The first kappa shape index (κ1) is 10.9. The summed E-state index contributed by atoms with van der Waals surface area (Å²) in [5.41, 5.74) is 0.341. The molecule has 0 saturated carbocycles. The van der Waals surface area contributed by atoms with E-state index in [0.29, 0.717) is 5.82 Å². The number of nitrogens with zero attached hydrogens (tertiary/aromatic N) is 4. The van der Waals surface area contributed by atoms with Crippen molar-refractivity contribution in [2.45, 2.75) is 13.3 Å². The number of rotatable bonds is 2. The lowest BCUT2D eigenvalue weighted by molar-refractivity contribution is 0.145. The summed E-state index contributed by atoms with van der Waals surface area (Å²) in [5.74, 6) is 0.308. The maximum atomic E-state index is 12.4. The van der Waals surface area contributed by atoms with E-state index in [-0.39, 0.29) is 10.8 Å². The van der Waals surface area contributed by atoms with Crippen LogP contribution in [0.1, 0.15) is 17.8 Å². The molecule has 0 aliphatic carbocycles. The van der Waals surface area contributed by atoms with Crippen molar-refractivity contribution in [2.24, 2.45) is 0 Å². The van der Waals surface area contributed by atoms with Crippen molar-refractivity contribution in [3.05, 3.63) is 34.7 Å². The van der Waals surface area contributed by atoms with Crippen molar-refractivity contribution < 1.29 is 8.78 Å². The highest BCUT2D eigenvalue weighted by Crippen LogP contribution is 2.22. The molecule has 0 fully saturated rings. The fraction of sp³-hybridized carbons (Fsp3) is 0.222. The molecule has 0 spiro atoms. The molecule has 0 saturated heterocycles. The third-order valence-electron chi connectivity index (χ3n) is 1.91. The molecule has 0 unspecified atom stereocenters. The van der Waals surface area contributed by atoms with Crippen molar-refractivity contribution in [1.29, 1.82) is 0 Å². The molecule has 16 heavy (non-hydrogen) atoms. The van der Waals surface area contributed by atoms with Crippen LogP contribution in [0.3, 0.4) is 0 Å². The molecule has 0 N–H and O–H groups in total. The summed E-state index contributed by atoms with van der Waals surface area (Å²) in [6.07, 6.45) is -2.66. The predicted octanol–water partition coefficient (Wildman–Crippen LogP) is 2.56. The number of hydrogen-bond acceptors (Lipinski definition) is 3. The van der Waals surface area contributed by atoms with Gasteiger partial charge in [0.2, 0.25) is 0 Å². The zero-order valence-corrected chi connectivity index (χ0v) is 8.99. The van der Waals surface area contributed by atoms with Crippen LogP contribution in [0.5, 0.6) is 0 Å². The van der Waals surface area contributed by atoms with Crippen LogP contribution in [0.25, 0.3) is 5.82 Å². The minimum atomic E-state index is -2.66. The lowest BCUT2D eigenvalue weighted by atomic mass is 10.4. The first-order valence-corrected chi connectivity index (χ1v) is 4.80. The lowest BCUT2D eigenvalue weighted by Gasteiger charge is -2.00. The van der Waals surface area contributed by atoms with Crippen LogP contribution >= 0.6 is 11.6 Å². The standard InChI is InChI=1S/C9H7ClF2N4/c1-5-2-3-8(14-13-5)16-7(10)4-6(15-16)9(11)12/h2-4,9H,1H3. The monoisotopic (exact) mass is 244 g/mol. The van der Waals surface area contributed by atoms with Crippen molar-refractivity contribution in [1.82, 2.24) is 20.0 Å². The molecule has 2 aromatic heterocycles. The molecule has 0 aliphatic rings. The summed E-state index contributed by atoms with van der Waals surface area (Å²) in [5, 5.41) is 11.3. The zero-order valence-electron chi connectivity index (χ0n) is 8.23. The van der Waals surface area contributed by atoms with E-state index >= 15 is 0 Å². The molecule has 0 amide bonds. The average Bonchev–Trinajstić information content (AvgIpc) is 2.62. The summed E-state index contributed by atoms with van der Waals surface area (Å²) in [6, 6.07) is 4.41. The lowest BCUT2D eigenvalue weighted by Crippen LogP contribution is -2.02. The molecule has 0 atom stereocenters. The Balaban J connectivity index is 2.44. The molecular formula is C9H7ClF2N4. The van der Waals surface area contributed by atoms with Crippen LogP contribution in [-0.4, -0.2) is 20.0 Å². The van der Waals surface area contributed by atoms with Crippen molar-refractivity contribution in [3.8, 4) is 5.82 Å². The molecule has 0 aliphatic heterocycles. The van der Waals surface area contributed by atoms with Crippen LogP contribution in [-0.2, 0) is 0 Å². The molecular weight excluding hydrogens is 238 g/mol. The van der Waals surface area contributed by atoms with Crippen LogP contribution in [0.4, 0.5) is 8.78 Å². The van der Waals surface area contributed by atoms with Crippen molar-refractivity contribution in [2.75, 3.05) is 0 Å². The maximum Gasteiger partial charge on any atom is 0.282 e. The van der Waals surface area contributed by atoms with Gasteiger partial charge < -0.3 is 0 Å². The number of halogens is 3. The second-order valence-electron chi connectivity index (χ2n) is 3.14. The van der Waals surface area contributed by atoms with Gasteiger partial charge in [-0.3, -0.25) is 0 Å². The van der Waals surface area contributed by atoms with E-state index in [1.165, 1.54) is 0 Å². The third kappa shape index (κ3) is 2.01. The Morgan fingerprint density at radius 3 is 2.56 bits per heavy atom. The molecule has 0 radical (unpaired) electrons. The Labute approximate surface area is 94.9 Å². The SMILES string of the molecule is Cc1ccc(-n2nc(C(F)F)cc2Cl)nn1. The Kier molecular flexibility index (Phi) is 2.82. The van der Waals surface area contributed by atoms with Crippen LogP contribution in [0, 0.1) is 6.92 Å². The first-order chi connectivity index (χ1) is 7.58. The fourth-order valence-electron chi connectivity index (χ4n) is 1.15. The molecule has 2 rings (SSSR count). The fourth-order valence-corrected chi connectivity index (χ4v) is 1.38. The molecule has 0 bridgehead atoms. The minimum Gasteiger partial charge on any atom is -0.203 e. The van der Waals surface area contributed by atoms with Gasteiger partial charge in [0.25, 0.3) is 6.43 Å². The van der Waals surface area contributed by atoms with E-state index in [1.807, 2.05) is 0 Å². The Morgan fingerprint density at radius 2 is 2.06 bits per heavy atom. The maximum absolute atomic E-state index is 12.4. The van der Waals surface area contributed by atoms with Gasteiger partial charge in [-0.1, -0.05) is 11.6 Å². The average molecular weight is 245 g/mol. The molecule has 2 heterocycles. The topological polar surface area (TPSA) is 43.6 Å². The highest BCUT2D eigenvalue weighted by Gasteiger charge is 2.15. The highest BCUT2D eigenvalue weighted by molar-refractivity contribution is 6.29. The highest BCUT2D eigenvalue weighted by atomic mass is 35.5. The van der Waals surface area contributed by atoms with Crippen molar-refractivity contribution in [3.63, 3.8) is 0 Å². The van der Waals surface area contributed by atoms with Crippen LogP contribution in [0.15, 0.2) is 18.2 Å². The summed E-state index contributed by atoms with van der Waals surface area (Å²) >= 11 is 5.76. The minimum absolute atomic E-state index is 0.0773. The van der Waals surface area contributed by atoms with Gasteiger partial charge in [-0.15, -0.1) is 5.10 Å². The molecule has 4 nitrogen and oxygen atoms in total. The number of aromatic nitrogens is 4. The number of hydrogen-bond donors (Lipinski definition) is 0.